The highest BCUT2D eigenvalue weighted by atomic mass is 127. The third-order valence-electron chi connectivity index (χ3n) is 5.07. The molecule has 3 rings (SSSR count). The second-order valence-electron chi connectivity index (χ2n) is 6.97. The van der Waals surface area contributed by atoms with Crippen molar-refractivity contribution in [2.75, 3.05) is 39.3 Å². The Morgan fingerprint density at radius 1 is 1.00 bits per heavy atom. The van der Waals surface area contributed by atoms with Gasteiger partial charge in [-0.05, 0) is 37.3 Å². The van der Waals surface area contributed by atoms with Gasteiger partial charge in [0.25, 0.3) is 0 Å². The fourth-order valence-corrected chi connectivity index (χ4v) is 3.53. The number of hydrogen-bond acceptors (Lipinski definition) is 3. The lowest BCUT2D eigenvalue weighted by Crippen LogP contribution is -2.46. The predicted molar refractivity (Wildman–Crippen MR) is 121 cm³/mol. The van der Waals surface area contributed by atoms with E-state index in [2.05, 4.69) is 27.8 Å². The van der Waals surface area contributed by atoms with Gasteiger partial charge in [0.15, 0.2) is 5.96 Å². The summed E-state index contributed by atoms with van der Waals surface area (Å²) in [6.07, 6.45) is 3.03. The Labute approximate surface area is 184 Å². The average Bonchev–Trinajstić information content (AvgIpc) is 3.24. The highest BCUT2D eigenvalue weighted by Crippen LogP contribution is 2.18. The van der Waals surface area contributed by atoms with Gasteiger partial charge in [-0.15, -0.1) is 24.0 Å². The fourth-order valence-electron chi connectivity index (χ4n) is 3.53. The van der Waals surface area contributed by atoms with Gasteiger partial charge in [0.05, 0.1) is 6.54 Å². The number of carbonyl (C=O) groups is 2. The molecule has 2 aliphatic rings. The molecule has 154 valence electrons. The molecule has 1 saturated heterocycles. The smallest absolute Gasteiger partial charge is 0.244 e. The molecule has 1 fully saturated rings. The Morgan fingerprint density at radius 2 is 1.71 bits per heavy atom. The van der Waals surface area contributed by atoms with E-state index in [0.717, 1.165) is 38.9 Å². The summed E-state index contributed by atoms with van der Waals surface area (Å²) in [6.45, 7) is 5.96. The summed E-state index contributed by atoms with van der Waals surface area (Å²) < 4.78 is 0. The van der Waals surface area contributed by atoms with E-state index >= 15 is 0 Å². The summed E-state index contributed by atoms with van der Waals surface area (Å²) in [7, 11) is 0. The molecule has 28 heavy (non-hydrogen) atoms. The zero-order valence-electron chi connectivity index (χ0n) is 16.4. The number of likely N-dealkylation sites (tertiary alicyclic amines) is 1. The first-order chi connectivity index (χ1) is 13.2. The van der Waals surface area contributed by atoms with Crippen molar-refractivity contribution in [1.82, 2.24) is 20.4 Å². The lowest BCUT2D eigenvalue weighted by Gasteiger charge is -2.29. The summed E-state index contributed by atoms with van der Waals surface area (Å²) in [6, 6.07) is 8.26. The molecule has 0 saturated carbocycles. The molecule has 2 amide bonds. The third kappa shape index (κ3) is 6.08. The van der Waals surface area contributed by atoms with Crippen LogP contribution in [0, 0.1) is 0 Å². The summed E-state index contributed by atoms with van der Waals surface area (Å²) in [5.74, 6) is 0.598. The van der Waals surface area contributed by atoms with E-state index in [9.17, 15) is 9.59 Å². The second kappa shape index (κ2) is 11.2. The van der Waals surface area contributed by atoms with Crippen LogP contribution >= 0.6 is 24.0 Å². The maximum Gasteiger partial charge on any atom is 0.244 e. The van der Waals surface area contributed by atoms with Gasteiger partial charge in [-0.1, -0.05) is 24.3 Å². The standard InChI is InChI=1S/C20H29N5O2.HI/c1-2-21-20(22-13-18(26)24-10-5-6-11-24)23-14-19(27)25-12-9-16-7-3-4-8-17(16)15-25;/h3-4,7-8H,2,5-6,9-15H2,1H3,(H2,21,22,23);1H. The van der Waals surface area contributed by atoms with Gasteiger partial charge < -0.3 is 20.4 Å². The molecule has 0 atom stereocenters. The van der Waals surface area contributed by atoms with E-state index in [1.807, 2.05) is 28.9 Å². The van der Waals surface area contributed by atoms with Crippen molar-refractivity contribution < 1.29 is 9.59 Å². The molecule has 0 unspecified atom stereocenters. The van der Waals surface area contributed by atoms with Crippen molar-refractivity contribution in [3.63, 3.8) is 0 Å². The van der Waals surface area contributed by atoms with Crippen LogP contribution in [-0.2, 0) is 22.6 Å². The molecule has 0 spiro atoms. The Kier molecular flexibility index (Phi) is 9.01. The average molecular weight is 499 g/mol. The van der Waals surface area contributed by atoms with E-state index in [-0.39, 0.29) is 48.9 Å². The summed E-state index contributed by atoms with van der Waals surface area (Å²) >= 11 is 0. The minimum absolute atomic E-state index is 0. The molecule has 0 radical (unpaired) electrons. The van der Waals surface area contributed by atoms with E-state index in [1.165, 1.54) is 11.1 Å². The number of rotatable bonds is 5. The molecule has 0 bridgehead atoms. The summed E-state index contributed by atoms with van der Waals surface area (Å²) in [5.41, 5.74) is 2.54. The first kappa shape index (κ1) is 22.4. The molecule has 0 aliphatic carbocycles. The molecule has 1 aromatic carbocycles. The van der Waals surface area contributed by atoms with Crippen molar-refractivity contribution in [1.29, 1.82) is 0 Å². The van der Waals surface area contributed by atoms with Crippen LogP contribution in [0.25, 0.3) is 0 Å². The number of amides is 2. The lowest BCUT2D eigenvalue weighted by molar-refractivity contribution is -0.131. The molecule has 2 heterocycles. The van der Waals surface area contributed by atoms with E-state index < -0.39 is 0 Å². The maximum absolute atomic E-state index is 12.6. The zero-order chi connectivity index (χ0) is 19.1. The molecule has 1 aromatic rings. The highest BCUT2D eigenvalue weighted by molar-refractivity contribution is 14.0. The first-order valence-electron chi connectivity index (χ1n) is 9.82. The van der Waals surface area contributed by atoms with Gasteiger partial charge in [0.1, 0.15) is 6.54 Å². The van der Waals surface area contributed by atoms with Crippen molar-refractivity contribution in [3.8, 4) is 0 Å². The normalized spacial score (nSPS) is 16.2. The SMILES string of the molecule is CCNC(=NCC(=O)N1CCCC1)NCC(=O)N1CCc2ccccc2C1.I. The number of nitrogens with one attached hydrogen (secondary N) is 2. The van der Waals surface area contributed by atoms with Crippen LogP contribution in [-0.4, -0.2) is 66.8 Å². The number of guanidine groups is 1. The van der Waals surface area contributed by atoms with Crippen LogP contribution in [0.2, 0.25) is 0 Å². The Morgan fingerprint density at radius 3 is 2.43 bits per heavy atom. The van der Waals surface area contributed by atoms with Crippen LogP contribution in [0.5, 0.6) is 0 Å². The molecular formula is C20H30IN5O2. The van der Waals surface area contributed by atoms with Crippen LogP contribution in [0.4, 0.5) is 0 Å². The van der Waals surface area contributed by atoms with Crippen LogP contribution in [0.1, 0.15) is 30.9 Å². The fraction of sp³-hybridized carbons (Fsp3) is 0.550. The molecule has 2 N–H and O–H groups in total. The maximum atomic E-state index is 12.6. The van der Waals surface area contributed by atoms with E-state index in [1.54, 1.807) is 0 Å². The Bertz CT molecular complexity index is 704. The minimum atomic E-state index is 0. The monoisotopic (exact) mass is 499 g/mol. The van der Waals surface area contributed by atoms with Gasteiger partial charge >= 0.3 is 0 Å². The molecule has 0 aromatic heterocycles. The van der Waals surface area contributed by atoms with Gasteiger partial charge in [0, 0.05) is 32.7 Å². The predicted octanol–water partition coefficient (Wildman–Crippen LogP) is 1.37. The van der Waals surface area contributed by atoms with Crippen LogP contribution in [0.3, 0.4) is 0 Å². The van der Waals surface area contributed by atoms with Gasteiger partial charge in [0.2, 0.25) is 11.8 Å². The van der Waals surface area contributed by atoms with Gasteiger partial charge in [-0.2, -0.15) is 0 Å². The number of aliphatic imine (C=N–C) groups is 1. The third-order valence-corrected chi connectivity index (χ3v) is 5.07. The molecular weight excluding hydrogens is 469 g/mol. The molecule has 7 nitrogen and oxygen atoms in total. The number of hydrogen-bond donors (Lipinski definition) is 2. The molecule has 8 heteroatoms. The minimum Gasteiger partial charge on any atom is -0.357 e. The van der Waals surface area contributed by atoms with Gasteiger partial charge in [-0.3, -0.25) is 9.59 Å². The van der Waals surface area contributed by atoms with Crippen molar-refractivity contribution >= 4 is 41.8 Å². The second-order valence-corrected chi connectivity index (χ2v) is 6.97. The summed E-state index contributed by atoms with van der Waals surface area (Å²) in [4.78, 5) is 32.8. The zero-order valence-corrected chi connectivity index (χ0v) is 18.8. The van der Waals surface area contributed by atoms with E-state index in [0.29, 0.717) is 19.0 Å². The summed E-state index contributed by atoms with van der Waals surface area (Å²) in [5, 5.41) is 6.16. The van der Waals surface area contributed by atoms with E-state index in [4.69, 9.17) is 0 Å². The highest BCUT2D eigenvalue weighted by Gasteiger charge is 2.21. The van der Waals surface area contributed by atoms with Gasteiger partial charge in [-0.25, -0.2) is 4.99 Å². The lowest BCUT2D eigenvalue weighted by atomic mass is 10.00. The number of carbonyl (C=O) groups excluding carboxylic acids is 2. The number of fused-ring (bicyclic) bond motifs is 1. The Balaban J connectivity index is 0.00000280. The quantitative estimate of drug-likeness (QED) is 0.365. The van der Waals surface area contributed by atoms with Crippen molar-refractivity contribution in [3.05, 3.63) is 35.4 Å². The Hall–Kier alpha value is -1.84. The van der Waals surface area contributed by atoms with Crippen LogP contribution < -0.4 is 10.6 Å². The topological polar surface area (TPSA) is 77.0 Å². The van der Waals surface area contributed by atoms with Crippen LogP contribution in [0.15, 0.2) is 29.3 Å². The first-order valence-corrected chi connectivity index (χ1v) is 9.82. The van der Waals surface area contributed by atoms with Crippen molar-refractivity contribution in [2.45, 2.75) is 32.7 Å². The largest absolute Gasteiger partial charge is 0.357 e. The number of nitrogens with zero attached hydrogens (tertiary/aromatic N) is 3. The van der Waals surface area contributed by atoms with Crippen molar-refractivity contribution in [2.24, 2.45) is 4.99 Å². The number of benzene rings is 1. The molecule has 2 aliphatic heterocycles. The number of halogens is 1.